The number of alkyl halides is 3. The van der Waals surface area contributed by atoms with Crippen LogP contribution in [-0.2, 0) is 11.3 Å². The van der Waals surface area contributed by atoms with Crippen LogP contribution in [-0.4, -0.2) is 66.1 Å². The number of fused-ring (bicyclic) bond motifs is 1. The van der Waals surface area contributed by atoms with E-state index >= 15 is 0 Å². The number of hydrogen-bond acceptors (Lipinski definition) is 9. The van der Waals surface area contributed by atoms with Crippen molar-refractivity contribution < 1.29 is 38.0 Å². The first kappa shape index (κ1) is 21.2. The number of rotatable bonds is 6. The van der Waals surface area contributed by atoms with Gasteiger partial charge in [0, 0.05) is 6.54 Å². The Morgan fingerprint density at radius 1 is 1.10 bits per heavy atom. The zero-order valence-corrected chi connectivity index (χ0v) is 15.8. The molecule has 0 amide bonds. The van der Waals surface area contributed by atoms with Crippen molar-refractivity contribution in [1.29, 1.82) is 0 Å². The first-order valence-electron chi connectivity index (χ1n) is 9.15. The fourth-order valence-electron chi connectivity index (χ4n) is 3.27. The number of aliphatic hydroxyl groups excluding tert-OH is 3. The first-order chi connectivity index (χ1) is 14.8. The third kappa shape index (κ3) is 4.39. The third-order valence-electron chi connectivity index (χ3n) is 4.77. The van der Waals surface area contributed by atoms with Crippen molar-refractivity contribution in [2.75, 3.05) is 11.9 Å². The number of nitrogens with zero attached hydrogens (tertiary/aromatic N) is 4. The van der Waals surface area contributed by atoms with Gasteiger partial charge in [0.2, 0.25) is 0 Å². The molecule has 1 saturated heterocycles. The van der Waals surface area contributed by atoms with Crippen LogP contribution >= 0.6 is 0 Å². The Morgan fingerprint density at radius 2 is 1.84 bits per heavy atom. The van der Waals surface area contributed by atoms with Gasteiger partial charge in [-0.05, 0) is 17.7 Å². The number of aliphatic hydroxyl groups is 3. The van der Waals surface area contributed by atoms with Crippen LogP contribution in [0.5, 0.6) is 5.75 Å². The summed E-state index contributed by atoms with van der Waals surface area (Å²) >= 11 is 0. The van der Waals surface area contributed by atoms with E-state index in [-0.39, 0.29) is 12.3 Å². The number of imidazole rings is 1. The Labute approximate surface area is 172 Å². The summed E-state index contributed by atoms with van der Waals surface area (Å²) < 4.78 is 47.5. The highest BCUT2D eigenvalue weighted by molar-refractivity contribution is 5.82. The number of ether oxygens (including phenoxy) is 2. The minimum Gasteiger partial charge on any atom is -0.406 e. The van der Waals surface area contributed by atoms with Crippen LogP contribution in [0.4, 0.5) is 19.0 Å². The molecule has 31 heavy (non-hydrogen) atoms. The SMILES string of the molecule is OC[C@H]1O[C@@H](n2cnc3c(NCc4ccc(OC(F)(F)F)cc4)ncnc32)C(O)C1O. The van der Waals surface area contributed by atoms with Crippen LogP contribution in [0, 0.1) is 0 Å². The summed E-state index contributed by atoms with van der Waals surface area (Å²) in [6, 6.07) is 5.36. The van der Waals surface area contributed by atoms with Crippen molar-refractivity contribution in [2.24, 2.45) is 0 Å². The molecule has 1 aliphatic rings. The van der Waals surface area contributed by atoms with Crippen LogP contribution in [0.15, 0.2) is 36.9 Å². The molecule has 166 valence electrons. The summed E-state index contributed by atoms with van der Waals surface area (Å²) in [5, 5.41) is 32.5. The number of aromatic nitrogens is 4. The average Bonchev–Trinajstić information content (AvgIpc) is 3.28. The number of benzene rings is 1. The van der Waals surface area contributed by atoms with Gasteiger partial charge in [-0.1, -0.05) is 12.1 Å². The summed E-state index contributed by atoms with van der Waals surface area (Å²) in [5.41, 5.74) is 1.35. The maximum Gasteiger partial charge on any atom is 0.573 e. The van der Waals surface area contributed by atoms with E-state index in [1.807, 2.05) is 0 Å². The fraction of sp³-hybridized carbons (Fsp3) is 0.389. The molecule has 4 rings (SSSR count). The Morgan fingerprint density at radius 3 is 2.48 bits per heavy atom. The monoisotopic (exact) mass is 441 g/mol. The second kappa shape index (κ2) is 8.26. The maximum atomic E-state index is 12.3. The minimum absolute atomic E-state index is 0.235. The van der Waals surface area contributed by atoms with E-state index in [1.54, 1.807) is 0 Å². The topological polar surface area (TPSA) is 135 Å². The van der Waals surface area contributed by atoms with Crippen molar-refractivity contribution in [2.45, 2.75) is 37.4 Å². The van der Waals surface area contributed by atoms with Gasteiger partial charge in [0.05, 0.1) is 12.9 Å². The Hall–Kier alpha value is -3.00. The first-order valence-corrected chi connectivity index (χ1v) is 9.15. The number of nitrogens with one attached hydrogen (secondary N) is 1. The molecule has 1 aromatic carbocycles. The number of hydrogen-bond donors (Lipinski definition) is 4. The summed E-state index contributed by atoms with van der Waals surface area (Å²) in [6.45, 7) is -0.227. The molecule has 2 unspecified atom stereocenters. The van der Waals surface area contributed by atoms with Gasteiger partial charge < -0.3 is 30.1 Å². The molecule has 0 radical (unpaired) electrons. The smallest absolute Gasteiger partial charge is 0.406 e. The molecular formula is C18H18F3N5O5. The van der Waals surface area contributed by atoms with Gasteiger partial charge in [0.1, 0.15) is 30.4 Å². The summed E-state index contributed by atoms with van der Waals surface area (Å²) in [7, 11) is 0. The molecule has 0 spiro atoms. The zero-order valence-electron chi connectivity index (χ0n) is 15.8. The van der Waals surface area contributed by atoms with E-state index in [4.69, 9.17) is 4.74 Å². The Bertz CT molecular complexity index is 1050. The summed E-state index contributed by atoms with van der Waals surface area (Å²) in [5.74, 6) is 0.0315. The van der Waals surface area contributed by atoms with Crippen LogP contribution in [0.1, 0.15) is 11.8 Å². The summed E-state index contributed by atoms with van der Waals surface area (Å²) in [4.78, 5) is 12.5. The van der Waals surface area contributed by atoms with Crippen LogP contribution in [0.2, 0.25) is 0 Å². The van der Waals surface area contributed by atoms with Gasteiger partial charge in [0.15, 0.2) is 23.2 Å². The predicted octanol–water partition coefficient (Wildman–Crippen LogP) is 0.949. The molecule has 3 aromatic rings. The van der Waals surface area contributed by atoms with E-state index in [9.17, 15) is 28.5 Å². The molecule has 0 aliphatic carbocycles. The van der Waals surface area contributed by atoms with Gasteiger partial charge in [-0.25, -0.2) is 15.0 Å². The van der Waals surface area contributed by atoms with Crippen molar-refractivity contribution in [1.82, 2.24) is 19.5 Å². The lowest BCUT2D eigenvalue weighted by Crippen LogP contribution is -2.33. The second-order valence-corrected chi connectivity index (χ2v) is 6.82. The molecular weight excluding hydrogens is 423 g/mol. The highest BCUT2D eigenvalue weighted by atomic mass is 19.4. The van der Waals surface area contributed by atoms with Gasteiger partial charge in [-0.2, -0.15) is 0 Å². The quantitative estimate of drug-likeness (QED) is 0.441. The van der Waals surface area contributed by atoms with E-state index < -0.39 is 37.5 Å². The number of halogens is 3. The standard InChI is InChI=1S/C18H18F3N5O5/c19-18(20,21)31-10-3-1-9(2-4-10)5-22-15-12-16(24-7-23-15)26(8-25-12)17-14(29)13(28)11(6-27)30-17/h1-4,7-8,11,13-14,17,27-29H,5-6H2,(H,22,23,24)/t11-,13?,14?,17-/m1/s1. The molecule has 2 aromatic heterocycles. The molecule has 13 heteroatoms. The van der Waals surface area contributed by atoms with E-state index in [1.165, 1.54) is 41.5 Å². The molecule has 1 fully saturated rings. The highest BCUT2D eigenvalue weighted by Crippen LogP contribution is 2.32. The van der Waals surface area contributed by atoms with E-state index in [0.29, 0.717) is 22.5 Å². The molecule has 0 bridgehead atoms. The summed E-state index contributed by atoms with van der Waals surface area (Å²) in [6.07, 6.45) is -6.62. The van der Waals surface area contributed by atoms with Crippen molar-refractivity contribution >= 4 is 17.0 Å². The van der Waals surface area contributed by atoms with Crippen LogP contribution in [0.3, 0.4) is 0 Å². The molecule has 0 saturated carbocycles. The van der Waals surface area contributed by atoms with Crippen LogP contribution < -0.4 is 10.1 Å². The molecule has 1 aliphatic heterocycles. The van der Waals surface area contributed by atoms with Gasteiger partial charge in [-0.15, -0.1) is 13.2 Å². The molecule has 4 atom stereocenters. The minimum atomic E-state index is -4.75. The predicted molar refractivity (Wildman–Crippen MR) is 98.8 cm³/mol. The lowest BCUT2D eigenvalue weighted by atomic mass is 10.1. The molecule has 10 nitrogen and oxygen atoms in total. The maximum absolute atomic E-state index is 12.3. The number of anilines is 1. The van der Waals surface area contributed by atoms with Crippen molar-refractivity contribution in [3.8, 4) is 5.75 Å². The lowest BCUT2D eigenvalue weighted by molar-refractivity contribution is -0.274. The zero-order chi connectivity index (χ0) is 22.2. The fourth-order valence-corrected chi connectivity index (χ4v) is 3.27. The average molecular weight is 441 g/mol. The van der Waals surface area contributed by atoms with Gasteiger partial charge in [-0.3, -0.25) is 4.57 Å². The third-order valence-corrected chi connectivity index (χ3v) is 4.77. The van der Waals surface area contributed by atoms with Crippen LogP contribution in [0.25, 0.3) is 11.2 Å². The largest absolute Gasteiger partial charge is 0.573 e. The Balaban J connectivity index is 1.50. The van der Waals surface area contributed by atoms with E-state index in [0.717, 1.165) is 0 Å². The highest BCUT2D eigenvalue weighted by Gasteiger charge is 2.44. The van der Waals surface area contributed by atoms with Crippen molar-refractivity contribution in [3.63, 3.8) is 0 Å². The van der Waals surface area contributed by atoms with Gasteiger partial charge in [0.25, 0.3) is 0 Å². The lowest BCUT2D eigenvalue weighted by Gasteiger charge is -2.16. The molecule has 4 N–H and O–H groups in total. The van der Waals surface area contributed by atoms with Crippen molar-refractivity contribution in [3.05, 3.63) is 42.5 Å². The second-order valence-electron chi connectivity index (χ2n) is 6.82. The van der Waals surface area contributed by atoms with E-state index in [2.05, 4.69) is 25.0 Å². The van der Waals surface area contributed by atoms with Gasteiger partial charge >= 0.3 is 6.36 Å². The molecule has 3 heterocycles. The normalized spacial score (nSPS) is 23.9. The Kier molecular flexibility index (Phi) is 5.66.